The Morgan fingerprint density at radius 1 is 1.56 bits per heavy atom. The van der Waals surface area contributed by atoms with E-state index in [9.17, 15) is 0 Å². The molecule has 1 fully saturated rings. The van der Waals surface area contributed by atoms with Crippen molar-refractivity contribution < 1.29 is 4.74 Å². The second kappa shape index (κ2) is 7.87. The van der Waals surface area contributed by atoms with E-state index < -0.39 is 0 Å². The lowest BCUT2D eigenvalue weighted by atomic mass is 10.0. The average Bonchev–Trinajstić information content (AvgIpc) is 2.90. The van der Waals surface area contributed by atoms with E-state index in [1.54, 1.807) is 11.3 Å². The van der Waals surface area contributed by atoms with Gasteiger partial charge in [0.05, 0.1) is 11.1 Å². The third-order valence-corrected chi connectivity index (χ3v) is 4.31. The van der Waals surface area contributed by atoms with Gasteiger partial charge in [-0.05, 0) is 38.6 Å². The lowest BCUT2D eigenvalue weighted by molar-refractivity contribution is 0.00860. The molecule has 2 atom stereocenters. The van der Waals surface area contributed by atoms with Gasteiger partial charge in [-0.25, -0.2) is 4.98 Å². The van der Waals surface area contributed by atoms with Gasteiger partial charge in [0.25, 0.3) is 0 Å². The zero-order valence-corrected chi connectivity index (χ0v) is 12.0. The fourth-order valence-corrected chi connectivity index (χ4v) is 3.25. The summed E-state index contributed by atoms with van der Waals surface area (Å²) in [5.41, 5.74) is 0. The molecule has 0 spiro atoms. The summed E-state index contributed by atoms with van der Waals surface area (Å²) in [4.78, 5) is 4.38. The number of likely N-dealkylation sites (N-methyl/N-ethyl adjacent to an activating group) is 1. The van der Waals surface area contributed by atoms with Crippen molar-refractivity contribution in [1.29, 1.82) is 0 Å². The Morgan fingerprint density at radius 3 is 3.17 bits per heavy atom. The molecule has 0 radical (unpaired) electrons. The first kappa shape index (κ1) is 14.0. The minimum absolute atomic E-state index is 0.496. The number of nitrogens with one attached hydrogen (secondary N) is 1. The van der Waals surface area contributed by atoms with Crippen molar-refractivity contribution in [2.75, 3.05) is 13.2 Å². The van der Waals surface area contributed by atoms with Crippen LogP contribution in [0.3, 0.4) is 0 Å². The van der Waals surface area contributed by atoms with Gasteiger partial charge in [0.1, 0.15) is 0 Å². The Labute approximate surface area is 114 Å². The first-order valence-corrected chi connectivity index (χ1v) is 7.99. The van der Waals surface area contributed by atoms with E-state index in [1.807, 2.05) is 6.20 Å². The van der Waals surface area contributed by atoms with Crippen LogP contribution >= 0.6 is 11.3 Å². The summed E-state index contributed by atoms with van der Waals surface area (Å²) in [6, 6.07) is 0.548. The maximum absolute atomic E-state index is 5.80. The summed E-state index contributed by atoms with van der Waals surface area (Å²) in [5.74, 6) is 0. The van der Waals surface area contributed by atoms with E-state index in [2.05, 4.69) is 22.6 Å². The van der Waals surface area contributed by atoms with Crippen LogP contribution in [-0.2, 0) is 11.2 Å². The van der Waals surface area contributed by atoms with Crippen molar-refractivity contribution in [2.45, 2.75) is 57.6 Å². The summed E-state index contributed by atoms with van der Waals surface area (Å²) in [6.07, 6.45) is 9.65. The van der Waals surface area contributed by atoms with E-state index in [0.29, 0.717) is 12.1 Å². The van der Waals surface area contributed by atoms with Gasteiger partial charge in [-0.2, -0.15) is 0 Å². The van der Waals surface area contributed by atoms with Gasteiger partial charge in [0.15, 0.2) is 0 Å². The van der Waals surface area contributed by atoms with Gasteiger partial charge < -0.3 is 10.1 Å². The molecule has 1 aromatic rings. The van der Waals surface area contributed by atoms with Crippen molar-refractivity contribution in [2.24, 2.45) is 0 Å². The van der Waals surface area contributed by atoms with Crippen LogP contribution in [0.5, 0.6) is 0 Å². The normalized spacial score (nSPS) is 21.9. The highest BCUT2D eigenvalue weighted by Gasteiger charge is 2.17. The lowest BCUT2D eigenvalue weighted by Crippen LogP contribution is -2.32. The molecule has 0 saturated carbocycles. The van der Waals surface area contributed by atoms with Crippen LogP contribution in [0.25, 0.3) is 0 Å². The molecule has 2 heterocycles. The zero-order chi connectivity index (χ0) is 12.6. The van der Waals surface area contributed by atoms with Crippen LogP contribution in [-0.4, -0.2) is 30.3 Å². The van der Waals surface area contributed by atoms with Gasteiger partial charge in [0.2, 0.25) is 0 Å². The number of ether oxygens (including phenoxy) is 1. The van der Waals surface area contributed by atoms with Gasteiger partial charge in [-0.3, -0.25) is 0 Å². The Bertz CT molecular complexity index is 310. The van der Waals surface area contributed by atoms with Gasteiger partial charge in [0, 0.05) is 30.6 Å². The number of hydrogen-bond donors (Lipinski definition) is 1. The SMILES string of the molecule is CCNC(CCC1CCCCO1)Cc1nccs1. The van der Waals surface area contributed by atoms with Crippen molar-refractivity contribution in [3.05, 3.63) is 16.6 Å². The Kier molecular flexibility index (Phi) is 6.11. The highest BCUT2D eigenvalue weighted by Crippen LogP contribution is 2.19. The predicted octanol–water partition coefficient (Wildman–Crippen LogP) is 3.01. The minimum Gasteiger partial charge on any atom is -0.378 e. The van der Waals surface area contributed by atoms with E-state index >= 15 is 0 Å². The van der Waals surface area contributed by atoms with E-state index in [0.717, 1.165) is 19.6 Å². The molecule has 18 heavy (non-hydrogen) atoms. The topological polar surface area (TPSA) is 34.1 Å². The van der Waals surface area contributed by atoms with E-state index in [4.69, 9.17) is 4.74 Å². The number of nitrogens with zero attached hydrogens (tertiary/aromatic N) is 1. The fourth-order valence-electron chi connectivity index (χ4n) is 2.55. The van der Waals surface area contributed by atoms with E-state index in [1.165, 1.54) is 37.1 Å². The molecule has 0 aromatic carbocycles. The zero-order valence-electron chi connectivity index (χ0n) is 11.2. The van der Waals surface area contributed by atoms with Crippen LogP contribution in [0, 0.1) is 0 Å². The predicted molar refractivity (Wildman–Crippen MR) is 76.1 cm³/mol. The van der Waals surface area contributed by atoms with E-state index in [-0.39, 0.29) is 0 Å². The Balaban J connectivity index is 1.74. The van der Waals surface area contributed by atoms with Gasteiger partial charge >= 0.3 is 0 Å². The number of aromatic nitrogens is 1. The molecule has 0 aliphatic carbocycles. The van der Waals surface area contributed by atoms with Crippen molar-refractivity contribution in [3.63, 3.8) is 0 Å². The minimum atomic E-state index is 0.496. The summed E-state index contributed by atoms with van der Waals surface area (Å²) < 4.78 is 5.80. The molecule has 0 amide bonds. The van der Waals surface area contributed by atoms with Crippen molar-refractivity contribution in [1.82, 2.24) is 10.3 Å². The first-order chi connectivity index (χ1) is 8.88. The third-order valence-electron chi connectivity index (χ3n) is 3.51. The molecule has 0 bridgehead atoms. The molecule has 2 rings (SSSR count). The Hall–Kier alpha value is -0.450. The molecule has 1 aromatic heterocycles. The summed E-state index contributed by atoms with van der Waals surface area (Å²) >= 11 is 1.76. The molecular formula is C14H24N2OS. The Morgan fingerprint density at radius 2 is 2.50 bits per heavy atom. The molecule has 1 aliphatic rings. The highest BCUT2D eigenvalue weighted by atomic mass is 32.1. The standard InChI is InChI=1S/C14H24N2OS/c1-2-15-12(11-14-16-8-10-18-14)6-7-13-5-3-4-9-17-13/h8,10,12-13,15H,2-7,9,11H2,1H3. The largest absolute Gasteiger partial charge is 0.378 e. The van der Waals surface area contributed by atoms with Crippen LogP contribution in [0.15, 0.2) is 11.6 Å². The molecule has 4 heteroatoms. The third kappa shape index (κ3) is 4.67. The molecule has 2 unspecified atom stereocenters. The molecule has 1 aliphatic heterocycles. The summed E-state index contributed by atoms with van der Waals surface area (Å²) in [7, 11) is 0. The highest BCUT2D eigenvalue weighted by molar-refractivity contribution is 7.09. The smallest absolute Gasteiger partial charge is 0.0940 e. The number of thiazole rings is 1. The second-order valence-electron chi connectivity index (χ2n) is 4.95. The molecule has 1 saturated heterocycles. The van der Waals surface area contributed by atoms with Crippen LogP contribution < -0.4 is 5.32 Å². The van der Waals surface area contributed by atoms with Gasteiger partial charge in [-0.1, -0.05) is 6.92 Å². The number of rotatable bonds is 7. The first-order valence-electron chi connectivity index (χ1n) is 7.12. The monoisotopic (exact) mass is 268 g/mol. The maximum Gasteiger partial charge on any atom is 0.0940 e. The van der Waals surface area contributed by atoms with Crippen molar-refractivity contribution >= 4 is 11.3 Å². The second-order valence-corrected chi connectivity index (χ2v) is 5.93. The summed E-state index contributed by atoms with van der Waals surface area (Å²) in [5, 5.41) is 6.87. The van der Waals surface area contributed by atoms with Gasteiger partial charge in [-0.15, -0.1) is 11.3 Å². The van der Waals surface area contributed by atoms with Crippen molar-refractivity contribution in [3.8, 4) is 0 Å². The molecular weight excluding hydrogens is 244 g/mol. The molecule has 1 N–H and O–H groups in total. The fraction of sp³-hybridized carbons (Fsp3) is 0.786. The molecule has 102 valence electrons. The van der Waals surface area contributed by atoms with Crippen LogP contribution in [0.4, 0.5) is 0 Å². The molecule has 3 nitrogen and oxygen atoms in total. The average molecular weight is 268 g/mol. The summed E-state index contributed by atoms with van der Waals surface area (Å²) in [6.45, 7) is 4.16. The number of hydrogen-bond acceptors (Lipinski definition) is 4. The quantitative estimate of drug-likeness (QED) is 0.825. The van der Waals surface area contributed by atoms with Crippen LogP contribution in [0.2, 0.25) is 0 Å². The lowest BCUT2D eigenvalue weighted by Gasteiger charge is -2.25. The van der Waals surface area contributed by atoms with Crippen LogP contribution in [0.1, 0.15) is 44.0 Å². The maximum atomic E-state index is 5.80.